The number of hydrogen-bond acceptors (Lipinski definition) is 2. The predicted molar refractivity (Wildman–Crippen MR) is 86.1 cm³/mol. The molecule has 0 aromatic carbocycles. The molecule has 4 aliphatic carbocycles. The van der Waals surface area contributed by atoms with E-state index in [1.165, 1.54) is 5.57 Å². The molecule has 2 nitrogen and oxygen atoms in total. The second kappa shape index (κ2) is 4.53. The van der Waals surface area contributed by atoms with Crippen molar-refractivity contribution in [2.45, 2.75) is 46.0 Å². The van der Waals surface area contributed by atoms with Gasteiger partial charge in [0.2, 0.25) is 0 Å². The SMILES string of the molecule is CC[C@]12C=CC(=O)C=C1C=C[C@H]1[C@@H]3CCC(=O)[C@@]3(C)CC[C@@H]12. The quantitative estimate of drug-likeness (QED) is 0.732. The maximum atomic E-state index is 12.4. The summed E-state index contributed by atoms with van der Waals surface area (Å²) in [5.74, 6) is 2.11. The van der Waals surface area contributed by atoms with Crippen molar-refractivity contribution in [3.8, 4) is 0 Å². The van der Waals surface area contributed by atoms with E-state index in [9.17, 15) is 9.59 Å². The molecule has 0 aromatic heterocycles. The van der Waals surface area contributed by atoms with E-state index in [-0.39, 0.29) is 16.6 Å². The Kier molecular flexibility index (Phi) is 2.92. The first-order chi connectivity index (χ1) is 10.5. The predicted octanol–water partition coefficient (Wildman–Crippen LogP) is 4.03. The highest BCUT2D eigenvalue weighted by Gasteiger charge is 2.58. The monoisotopic (exact) mass is 296 g/mol. The fourth-order valence-electron chi connectivity index (χ4n) is 5.84. The second-order valence-electron chi connectivity index (χ2n) is 7.80. The molecule has 116 valence electrons. The van der Waals surface area contributed by atoms with Gasteiger partial charge in [0.05, 0.1) is 0 Å². The van der Waals surface area contributed by atoms with Gasteiger partial charge in [-0.2, -0.15) is 0 Å². The molecule has 0 bridgehead atoms. The first-order valence-corrected chi connectivity index (χ1v) is 8.68. The number of Topliss-reactive ketones (excluding diaryl/α,β-unsaturated/α-hetero) is 1. The summed E-state index contributed by atoms with van der Waals surface area (Å²) < 4.78 is 0. The van der Waals surface area contributed by atoms with Crippen molar-refractivity contribution in [1.29, 1.82) is 0 Å². The zero-order valence-electron chi connectivity index (χ0n) is 13.5. The van der Waals surface area contributed by atoms with Crippen LogP contribution in [-0.2, 0) is 9.59 Å². The van der Waals surface area contributed by atoms with E-state index in [0.29, 0.717) is 23.5 Å². The van der Waals surface area contributed by atoms with Gasteiger partial charge < -0.3 is 0 Å². The van der Waals surface area contributed by atoms with E-state index in [4.69, 9.17) is 0 Å². The molecule has 0 saturated heterocycles. The van der Waals surface area contributed by atoms with Gasteiger partial charge in [0.25, 0.3) is 0 Å². The summed E-state index contributed by atoms with van der Waals surface area (Å²) in [6, 6.07) is 0. The van der Waals surface area contributed by atoms with Gasteiger partial charge in [-0.15, -0.1) is 0 Å². The molecule has 0 heterocycles. The van der Waals surface area contributed by atoms with E-state index < -0.39 is 0 Å². The molecule has 4 rings (SSSR count). The minimum Gasteiger partial charge on any atom is -0.299 e. The number of ketones is 2. The molecular weight excluding hydrogens is 272 g/mol. The molecule has 2 fully saturated rings. The van der Waals surface area contributed by atoms with Crippen LogP contribution in [0.3, 0.4) is 0 Å². The number of hydrogen-bond donors (Lipinski definition) is 0. The minimum atomic E-state index is -0.101. The molecule has 0 amide bonds. The molecule has 0 radical (unpaired) electrons. The Balaban J connectivity index is 1.80. The van der Waals surface area contributed by atoms with E-state index in [1.54, 1.807) is 6.08 Å². The van der Waals surface area contributed by atoms with Crippen molar-refractivity contribution in [3.05, 3.63) is 36.0 Å². The minimum absolute atomic E-state index is 0.0142. The van der Waals surface area contributed by atoms with Crippen molar-refractivity contribution in [1.82, 2.24) is 0 Å². The van der Waals surface area contributed by atoms with Crippen molar-refractivity contribution in [2.24, 2.45) is 28.6 Å². The molecule has 5 atom stereocenters. The van der Waals surface area contributed by atoms with Crippen molar-refractivity contribution in [2.75, 3.05) is 0 Å². The van der Waals surface area contributed by atoms with Crippen LogP contribution in [-0.4, -0.2) is 11.6 Å². The van der Waals surface area contributed by atoms with Gasteiger partial charge in [-0.25, -0.2) is 0 Å². The normalized spacial score (nSPS) is 46.1. The first kappa shape index (κ1) is 14.2. The Labute approximate surface area is 132 Å². The lowest BCUT2D eigenvalue weighted by molar-refractivity contribution is -0.130. The summed E-state index contributed by atoms with van der Waals surface area (Å²) >= 11 is 0. The number of carbonyl (C=O) groups is 2. The summed E-state index contributed by atoms with van der Waals surface area (Å²) in [7, 11) is 0. The van der Waals surface area contributed by atoms with Gasteiger partial charge in [-0.1, -0.05) is 32.1 Å². The summed E-state index contributed by atoms with van der Waals surface area (Å²) in [6.45, 7) is 4.43. The highest BCUT2D eigenvalue weighted by Crippen LogP contribution is 2.62. The van der Waals surface area contributed by atoms with Crippen LogP contribution >= 0.6 is 0 Å². The van der Waals surface area contributed by atoms with Gasteiger partial charge in [0.1, 0.15) is 5.78 Å². The van der Waals surface area contributed by atoms with E-state index in [0.717, 1.165) is 32.1 Å². The van der Waals surface area contributed by atoms with Gasteiger partial charge >= 0.3 is 0 Å². The molecule has 2 saturated carbocycles. The molecule has 0 spiro atoms. The van der Waals surface area contributed by atoms with Crippen LogP contribution < -0.4 is 0 Å². The van der Waals surface area contributed by atoms with Crippen LogP contribution in [0, 0.1) is 28.6 Å². The number of carbonyl (C=O) groups excluding carboxylic acids is 2. The van der Waals surface area contributed by atoms with Gasteiger partial charge in [0.15, 0.2) is 5.78 Å². The largest absolute Gasteiger partial charge is 0.299 e. The second-order valence-corrected chi connectivity index (χ2v) is 7.80. The van der Waals surface area contributed by atoms with Gasteiger partial charge in [0, 0.05) is 17.3 Å². The molecular formula is C20H24O2. The Morgan fingerprint density at radius 3 is 2.77 bits per heavy atom. The van der Waals surface area contributed by atoms with Crippen LogP contribution in [0.15, 0.2) is 36.0 Å². The lowest BCUT2D eigenvalue weighted by atomic mass is 9.49. The highest BCUT2D eigenvalue weighted by atomic mass is 16.1. The molecule has 22 heavy (non-hydrogen) atoms. The molecule has 0 unspecified atom stereocenters. The van der Waals surface area contributed by atoms with E-state index >= 15 is 0 Å². The average Bonchev–Trinajstić information content (AvgIpc) is 2.82. The molecule has 0 aliphatic heterocycles. The smallest absolute Gasteiger partial charge is 0.178 e. The zero-order valence-corrected chi connectivity index (χ0v) is 13.5. The van der Waals surface area contributed by atoms with Gasteiger partial charge in [-0.05, 0) is 61.2 Å². The van der Waals surface area contributed by atoms with E-state index in [1.807, 2.05) is 6.08 Å². The lowest BCUT2D eigenvalue weighted by Crippen LogP contribution is -2.48. The van der Waals surface area contributed by atoms with Crippen LogP contribution in [0.2, 0.25) is 0 Å². The summed E-state index contributed by atoms with van der Waals surface area (Å²) in [6.07, 6.45) is 15.2. The Morgan fingerprint density at radius 1 is 1.18 bits per heavy atom. The fourth-order valence-corrected chi connectivity index (χ4v) is 5.84. The van der Waals surface area contributed by atoms with Crippen molar-refractivity contribution in [3.63, 3.8) is 0 Å². The number of fused-ring (bicyclic) bond motifs is 5. The van der Waals surface area contributed by atoms with Crippen LogP contribution in [0.25, 0.3) is 0 Å². The third-order valence-corrected chi connectivity index (χ3v) is 7.17. The molecule has 0 N–H and O–H groups in total. The summed E-state index contributed by atoms with van der Waals surface area (Å²) in [5.41, 5.74) is 1.10. The topological polar surface area (TPSA) is 34.1 Å². The number of rotatable bonds is 1. The average molecular weight is 296 g/mol. The Bertz CT molecular complexity index is 638. The van der Waals surface area contributed by atoms with Crippen molar-refractivity contribution >= 4 is 11.6 Å². The van der Waals surface area contributed by atoms with Crippen molar-refractivity contribution < 1.29 is 9.59 Å². The molecule has 0 aromatic rings. The first-order valence-electron chi connectivity index (χ1n) is 8.68. The Morgan fingerprint density at radius 2 is 2.00 bits per heavy atom. The Hall–Kier alpha value is -1.44. The van der Waals surface area contributed by atoms with Crippen LogP contribution in [0.4, 0.5) is 0 Å². The maximum Gasteiger partial charge on any atom is 0.178 e. The summed E-state index contributed by atoms with van der Waals surface area (Å²) in [5, 5.41) is 0. The fraction of sp³-hybridized carbons (Fsp3) is 0.600. The molecule has 4 aliphatic rings. The van der Waals surface area contributed by atoms with Crippen LogP contribution in [0.5, 0.6) is 0 Å². The maximum absolute atomic E-state index is 12.4. The summed E-state index contributed by atoms with van der Waals surface area (Å²) in [4.78, 5) is 24.2. The molecule has 2 heteroatoms. The highest BCUT2D eigenvalue weighted by molar-refractivity contribution is 6.01. The van der Waals surface area contributed by atoms with E-state index in [2.05, 4.69) is 32.1 Å². The van der Waals surface area contributed by atoms with Gasteiger partial charge in [-0.3, -0.25) is 9.59 Å². The zero-order chi connectivity index (χ0) is 15.5. The third kappa shape index (κ3) is 1.61. The lowest BCUT2D eigenvalue weighted by Gasteiger charge is -2.54. The van der Waals surface area contributed by atoms with Crippen LogP contribution in [0.1, 0.15) is 46.0 Å². The standard InChI is InChI=1S/C20H24O2/c1-3-20-11-8-14(21)12-13(20)4-5-15-16-6-7-18(22)19(16,2)10-9-17(15)20/h4-5,8,11-12,15-17H,3,6-7,9-10H2,1-2H3/t15-,16-,17-,19-,20-/m0/s1. The third-order valence-electron chi connectivity index (χ3n) is 7.17. The number of allylic oxidation sites excluding steroid dienone is 6.